The zero-order valence-electron chi connectivity index (χ0n) is 10.4. The first-order chi connectivity index (χ1) is 7.70. The molecule has 1 atom stereocenters. The van der Waals surface area contributed by atoms with Crippen molar-refractivity contribution in [2.24, 2.45) is 16.8 Å². The lowest BCUT2D eigenvalue weighted by molar-refractivity contribution is 0.0917. The predicted molar refractivity (Wildman–Crippen MR) is 65.4 cm³/mol. The van der Waals surface area contributed by atoms with Gasteiger partial charge in [0.1, 0.15) is 6.10 Å². The Morgan fingerprint density at radius 3 is 2.62 bits per heavy atom. The molecule has 0 aromatic heterocycles. The van der Waals surface area contributed by atoms with E-state index in [1.807, 2.05) is 0 Å². The van der Waals surface area contributed by atoms with E-state index in [9.17, 15) is 0 Å². The van der Waals surface area contributed by atoms with E-state index in [4.69, 9.17) is 10.6 Å². The van der Waals surface area contributed by atoms with Crippen LogP contribution in [0.15, 0.2) is 5.16 Å². The summed E-state index contributed by atoms with van der Waals surface area (Å²) in [5, 5.41) is 4.20. The van der Waals surface area contributed by atoms with Gasteiger partial charge in [-0.2, -0.15) is 0 Å². The molecule has 0 radical (unpaired) electrons. The second kappa shape index (κ2) is 5.15. The normalized spacial score (nSPS) is 28.2. The minimum absolute atomic E-state index is 0.137. The van der Waals surface area contributed by atoms with E-state index >= 15 is 0 Å². The number of likely N-dealkylation sites (tertiary alicyclic amines) is 1. The van der Waals surface area contributed by atoms with Crippen LogP contribution in [0, 0.1) is 5.92 Å². The smallest absolute Gasteiger partial charge is 0.145 e. The molecule has 2 N–H and O–H groups in total. The van der Waals surface area contributed by atoms with Crippen molar-refractivity contribution in [2.75, 3.05) is 19.6 Å². The molecule has 2 aliphatic heterocycles. The van der Waals surface area contributed by atoms with Gasteiger partial charge in [0, 0.05) is 24.9 Å². The van der Waals surface area contributed by atoms with E-state index in [-0.39, 0.29) is 6.10 Å². The molecule has 1 fully saturated rings. The minimum atomic E-state index is 0.137. The maximum Gasteiger partial charge on any atom is 0.145 e. The fraction of sp³-hybridized carbons (Fsp3) is 0.917. The molecular weight excluding hydrogens is 202 g/mol. The van der Waals surface area contributed by atoms with Crippen LogP contribution >= 0.6 is 0 Å². The topological polar surface area (TPSA) is 50.8 Å². The molecule has 0 aromatic rings. The van der Waals surface area contributed by atoms with Crippen LogP contribution in [0.4, 0.5) is 0 Å². The summed E-state index contributed by atoms with van der Waals surface area (Å²) >= 11 is 0. The zero-order valence-corrected chi connectivity index (χ0v) is 10.4. The highest BCUT2D eigenvalue weighted by Gasteiger charge is 2.29. The zero-order chi connectivity index (χ0) is 11.5. The van der Waals surface area contributed by atoms with Gasteiger partial charge in [0.15, 0.2) is 0 Å². The predicted octanol–water partition coefficient (Wildman–Crippen LogP) is 1.21. The Labute approximate surface area is 97.8 Å². The van der Waals surface area contributed by atoms with Crippen molar-refractivity contribution >= 4 is 5.71 Å². The molecule has 2 heterocycles. The highest BCUT2D eigenvalue weighted by Crippen LogP contribution is 2.25. The third kappa shape index (κ3) is 2.55. The van der Waals surface area contributed by atoms with Crippen LogP contribution in [-0.4, -0.2) is 42.4 Å². The Morgan fingerprint density at radius 2 is 2.12 bits per heavy atom. The second-order valence-electron chi connectivity index (χ2n) is 5.15. The summed E-state index contributed by atoms with van der Waals surface area (Å²) in [4.78, 5) is 7.83. The molecule has 4 nitrogen and oxygen atoms in total. The number of rotatable bonds is 3. The Kier molecular flexibility index (Phi) is 3.82. The molecule has 4 heteroatoms. The SMILES string of the molecule is CC(C)N1CCC(C2=NOC(CN)C2)CC1. The van der Waals surface area contributed by atoms with Gasteiger partial charge in [-0.25, -0.2) is 0 Å². The third-order valence-electron chi connectivity index (χ3n) is 3.75. The summed E-state index contributed by atoms with van der Waals surface area (Å²) in [6.07, 6.45) is 3.52. The van der Waals surface area contributed by atoms with Crippen molar-refractivity contribution in [1.29, 1.82) is 0 Å². The molecule has 0 spiro atoms. The molecule has 0 aromatic carbocycles. The van der Waals surface area contributed by atoms with E-state index < -0.39 is 0 Å². The number of hydrogen-bond donors (Lipinski definition) is 1. The fourth-order valence-corrected chi connectivity index (χ4v) is 2.57. The Balaban J connectivity index is 1.81. The Bertz CT molecular complexity index is 257. The standard InChI is InChI=1S/C12H23N3O/c1-9(2)15-5-3-10(4-6-15)12-7-11(8-13)16-14-12/h9-11H,3-8,13H2,1-2H3. The molecule has 92 valence electrons. The van der Waals surface area contributed by atoms with Crippen molar-refractivity contribution < 1.29 is 4.84 Å². The number of nitrogens with zero attached hydrogens (tertiary/aromatic N) is 2. The monoisotopic (exact) mass is 225 g/mol. The summed E-state index contributed by atoms with van der Waals surface area (Å²) in [5.41, 5.74) is 6.83. The van der Waals surface area contributed by atoms with Gasteiger partial charge >= 0.3 is 0 Å². The van der Waals surface area contributed by atoms with Crippen LogP contribution in [0.1, 0.15) is 33.1 Å². The molecule has 2 aliphatic rings. The first-order valence-electron chi connectivity index (χ1n) is 6.37. The van der Waals surface area contributed by atoms with Crippen LogP contribution in [0.2, 0.25) is 0 Å². The highest BCUT2D eigenvalue weighted by atomic mass is 16.6. The second-order valence-corrected chi connectivity index (χ2v) is 5.15. The quantitative estimate of drug-likeness (QED) is 0.785. The van der Waals surface area contributed by atoms with Crippen LogP contribution < -0.4 is 5.73 Å². The molecule has 0 amide bonds. The van der Waals surface area contributed by atoms with Gasteiger partial charge in [0.25, 0.3) is 0 Å². The number of nitrogens with two attached hydrogens (primary N) is 1. The van der Waals surface area contributed by atoms with Crippen LogP contribution in [0.25, 0.3) is 0 Å². The largest absolute Gasteiger partial charge is 0.391 e. The van der Waals surface area contributed by atoms with Crippen molar-refractivity contribution in [1.82, 2.24) is 4.90 Å². The van der Waals surface area contributed by atoms with Crippen LogP contribution in [-0.2, 0) is 4.84 Å². The average Bonchev–Trinajstić information content (AvgIpc) is 2.77. The Morgan fingerprint density at radius 1 is 1.44 bits per heavy atom. The molecular formula is C12H23N3O. The van der Waals surface area contributed by atoms with Crippen LogP contribution in [0.5, 0.6) is 0 Å². The van der Waals surface area contributed by atoms with Crippen molar-refractivity contribution in [3.8, 4) is 0 Å². The maximum absolute atomic E-state index is 5.58. The number of hydrogen-bond acceptors (Lipinski definition) is 4. The lowest BCUT2D eigenvalue weighted by Crippen LogP contribution is -2.40. The number of oxime groups is 1. The van der Waals surface area contributed by atoms with Gasteiger partial charge < -0.3 is 15.5 Å². The molecule has 16 heavy (non-hydrogen) atoms. The first-order valence-corrected chi connectivity index (χ1v) is 6.37. The van der Waals surface area contributed by atoms with E-state index in [2.05, 4.69) is 23.9 Å². The van der Waals surface area contributed by atoms with Crippen LogP contribution in [0.3, 0.4) is 0 Å². The molecule has 0 saturated carbocycles. The maximum atomic E-state index is 5.58. The van der Waals surface area contributed by atoms with Gasteiger partial charge in [-0.05, 0) is 39.8 Å². The van der Waals surface area contributed by atoms with Gasteiger partial charge in [-0.15, -0.1) is 0 Å². The summed E-state index contributed by atoms with van der Waals surface area (Å²) < 4.78 is 0. The summed E-state index contributed by atoms with van der Waals surface area (Å²) in [6, 6.07) is 0.666. The molecule has 1 unspecified atom stereocenters. The first kappa shape index (κ1) is 11.9. The van der Waals surface area contributed by atoms with Gasteiger partial charge in [0.2, 0.25) is 0 Å². The lowest BCUT2D eigenvalue weighted by Gasteiger charge is -2.34. The molecule has 0 aliphatic carbocycles. The molecule has 1 saturated heterocycles. The molecule has 2 rings (SSSR count). The van der Waals surface area contributed by atoms with E-state index in [0.29, 0.717) is 18.5 Å². The van der Waals surface area contributed by atoms with Crippen molar-refractivity contribution in [3.05, 3.63) is 0 Å². The van der Waals surface area contributed by atoms with Crippen molar-refractivity contribution in [2.45, 2.75) is 45.3 Å². The summed E-state index contributed by atoms with van der Waals surface area (Å²) in [6.45, 7) is 7.49. The van der Waals surface area contributed by atoms with Gasteiger partial charge in [-0.3, -0.25) is 0 Å². The Hall–Kier alpha value is -0.610. The highest BCUT2D eigenvalue weighted by molar-refractivity contribution is 5.87. The molecule has 0 bridgehead atoms. The van der Waals surface area contributed by atoms with E-state index in [0.717, 1.165) is 6.42 Å². The van der Waals surface area contributed by atoms with Crippen molar-refractivity contribution in [3.63, 3.8) is 0 Å². The van der Waals surface area contributed by atoms with E-state index in [1.165, 1.54) is 31.6 Å². The fourth-order valence-electron chi connectivity index (χ4n) is 2.57. The summed E-state index contributed by atoms with van der Waals surface area (Å²) in [7, 11) is 0. The number of piperidine rings is 1. The average molecular weight is 225 g/mol. The minimum Gasteiger partial charge on any atom is -0.391 e. The third-order valence-corrected chi connectivity index (χ3v) is 3.75. The lowest BCUT2D eigenvalue weighted by atomic mass is 9.89. The summed E-state index contributed by atoms with van der Waals surface area (Å²) in [5.74, 6) is 0.631. The van der Waals surface area contributed by atoms with E-state index in [1.54, 1.807) is 0 Å². The van der Waals surface area contributed by atoms with Gasteiger partial charge in [0.05, 0.1) is 5.71 Å². The van der Waals surface area contributed by atoms with Gasteiger partial charge in [-0.1, -0.05) is 5.16 Å².